The van der Waals surface area contributed by atoms with Crippen LogP contribution in [0.2, 0.25) is 0 Å². The molecule has 0 saturated heterocycles. The van der Waals surface area contributed by atoms with E-state index >= 15 is 0 Å². The minimum atomic E-state index is -0.866. The molecule has 2 nitrogen and oxygen atoms in total. The van der Waals surface area contributed by atoms with Gasteiger partial charge in [-0.3, -0.25) is 4.79 Å². The molecule has 4 heteroatoms. The summed E-state index contributed by atoms with van der Waals surface area (Å²) in [5, 5.41) is 2.46. The van der Waals surface area contributed by atoms with Crippen LogP contribution in [0.4, 0.5) is 8.78 Å². The number of hydrogen-bond donors (Lipinski definition) is 1. The standard InChI is InChI=1S/C11H11F2NO/c1-7(2)6-14-11(15)9-4-3-8(12)5-10(9)13/h3-5H,1,6H2,2H3,(H,14,15). The van der Waals surface area contributed by atoms with Crippen LogP contribution in [0, 0.1) is 11.6 Å². The minimum Gasteiger partial charge on any atom is -0.348 e. The van der Waals surface area contributed by atoms with E-state index in [1.54, 1.807) is 6.92 Å². The van der Waals surface area contributed by atoms with Crippen LogP contribution >= 0.6 is 0 Å². The van der Waals surface area contributed by atoms with Gasteiger partial charge in [0.1, 0.15) is 11.6 Å². The number of hydrogen-bond acceptors (Lipinski definition) is 1. The van der Waals surface area contributed by atoms with Gasteiger partial charge < -0.3 is 5.32 Å². The van der Waals surface area contributed by atoms with Crippen molar-refractivity contribution in [2.45, 2.75) is 6.92 Å². The summed E-state index contributed by atoms with van der Waals surface area (Å²) in [6.45, 7) is 5.60. The number of nitrogens with one attached hydrogen (secondary N) is 1. The van der Waals surface area contributed by atoms with E-state index in [9.17, 15) is 13.6 Å². The summed E-state index contributed by atoms with van der Waals surface area (Å²) in [4.78, 5) is 11.4. The van der Waals surface area contributed by atoms with E-state index in [1.807, 2.05) is 0 Å². The molecule has 80 valence electrons. The van der Waals surface area contributed by atoms with Gasteiger partial charge in [-0.15, -0.1) is 0 Å². The molecule has 0 aliphatic heterocycles. The highest BCUT2D eigenvalue weighted by molar-refractivity contribution is 5.94. The Kier molecular flexibility index (Phi) is 3.55. The van der Waals surface area contributed by atoms with Gasteiger partial charge in [0, 0.05) is 12.6 Å². The Balaban J connectivity index is 2.78. The molecule has 0 heterocycles. The fraction of sp³-hybridized carbons (Fsp3) is 0.182. The lowest BCUT2D eigenvalue weighted by atomic mass is 10.2. The van der Waals surface area contributed by atoms with E-state index in [4.69, 9.17) is 0 Å². The first-order valence-electron chi connectivity index (χ1n) is 4.38. The van der Waals surface area contributed by atoms with Crippen molar-refractivity contribution in [3.63, 3.8) is 0 Å². The predicted molar refractivity (Wildman–Crippen MR) is 53.5 cm³/mol. The van der Waals surface area contributed by atoms with Gasteiger partial charge in [0.2, 0.25) is 0 Å². The first kappa shape index (κ1) is 11.4. The van der Waals surface area contributed by atoms with Gasteiger partial charge in [-0.05, 0) is 19.1 Å². The number of rotatable bonds is 3. The molecular weight excluding hydrogens is 200 g/mol. The predicted octanol–water partition coefficient (Wildman–Crippen LogP) is 2.27. The van der Waals surface area contributed by atoms with Crippen molar-refractivity contribution < 1.29 is 13.6 Å². The van der Waals surface area contributed by atoms with E-state index in [2.05, 4.69) is 11.9 Å². The number of carbonyl (C=O) groups excluding carboxylic acids is 1. The highest BCUT2D eigenvalue weighted by Gasteiger charge is 2.11. The number of halogens is 2. The first-order chi connectivity index (χ1) is 7.00. The first-order valence-corrected chi connectivity index (χ1v) is 4.38. The molecule has 1 aromatic rings. The summed E-state index contributed by atoms with van der Waals surface area (Å²) in [6, 6.07) is 2.83. The second-order valence-electron chi connectivity index (χ2n) is 3.26. The summed E-state index contributed by atoms with van der Waals surface area (Å²) in [7, 11) is 0. The molecule has 0 aliphatic rings. The average molecular weight is 211 g/mol. The molecule has 0 aliphatic carbocycles. The van der Waals surface area contributed by atoms with Crippen molar-refractivity contribution in [1.29, 1.82) is 0 Å². The summed E-state index contributed by atoms with van der Waals surface area (Å²) >= 11 is 0. The number of carbonyl (C=O) groups is 1. The molecule has 1 amide bonds. The smallest absolute Gasteiger partial charge is 0.254 e. The molecule has 1 aromatic carbocycles. The van der Waals surface area contributed by atoms with Crippen LogP contribution in [0.25, 0.3) is 0 Å². The lowest BCUT2D eigenvalue weighted by Gasteiger charge is -2.05. The van der Waals surface area contributed by atoms with E-state index in [1.165, 1.54) is 0 Å². The van der Waals surface area contributed by atoms with Gasteiger partial charge in [-0.1, -0.05) is 12.2 Å². The Labute approximate surface area is 86.6 Å². The van der Waals surface area contributed by atoms with Gasteiger partial charge in [0.05, 0.1) is 5.56 Å². The fourth-order valence-electron chi connectivity index (χ4n) is 1.00. The molecule has 0 saturated carbocycles. The average Bonchev–Trinajstić information content (AvgIpc) is 2.14. The van der Waals surface area contributed by atoms with Crippen LogP contribution in [-0.2, 0) is 0 Å². The number of amides is 1. The quantitative estimate of drug-likeness (QED) is 0.763. The Hall–Kier alpha value is -1.71. The van der Waals surface area contributed by atoms with Gasteiger partial charge in [-0.2, -0.15) is 0 Å². The van der Waals surface area contributed by atoms with Crippen LogP contribution in [0.3, 0.4) is 0 Å². The van der Waals surface area contributed by atoms with Crippen molar-refractivity contribution in [2.75, 3.05) is 6.54 Å². The van der Waals surface area contributed by atoms with E-state index in [-0.39, 0.29) is 12.1 Å². The van der Waals surface area contributed by atoms with Gasteiger partial charge in [0.15, 0.2) is 0 Å². The maximum absolute atomic E-state index is 13.1. The van der Waals surface area contributed by atoms with Gasteiger partial charge in [-0.25, -0.2) is 8.78 Å². The zero-order valence-corrected chi connectivity index (χ0v) is 8.31. The summed E-state index contributed by atoms with van der Waals surface area (Å²) < 4.78 is 25.6. The highest BCUT2D eigenvalue weighted by Crippen LogP contribution is 2.09. The topological polar surface area (TPSA) is 29.1 Å². The van der Waals surface area contributed by atoms with E-state index < -0.39 is 17.5 Å². The van der Waals surface area contributed by atoms with Crippen LogP contribution < -0.4 is 5.32 Å². The van der Waals surface area contributed by atoms with Crippen molar-refractivity contribution in [1.82, 2.24) is 5.32 Å². The molecule has 0 aromatic heterocycles. The van der Waals surface area contributed by atoms with Crippen molar-refractivity contribution in [2.24, 2.45) is 0 Å². The molecule has 0 radical (unpaired) electrons. The molecule has 1 rings (SSSR count). The summed E-state index contributed by atoms with van der Waals surface area (Å²) in [6.07, 6.45) is 0. The summed E-state index contributed by atoms with van der Waals surface area (Å²) in [5.74, 6) is -2.14. The number of benzene rings is 1. The lowest BCUT2D eigenvalue weighted by molar-refractivity contribution is 0.0953. The zero-order chi connectivity index (χ0) is 11.4. The maximum atomic E-state index is 13.1. The van der Waals surface area contributed by atoms with Gasteiger partial charge >= 0.3 is 0 Å². The van der Waals surface area contributed by atoms with Gasteiger partial charge in [0.25, 0.3) is 5.91 Å². The molecule has 0 fully saturated rings. The molecule has 0 bridgehead atoms. The van der Waals surface area contributed by atoms with E-state index in [0.29, 0.717) is 6.07 Å². The second kappa shape index (κ2) is 4.68. The third-order valence-electron chi connectivity index (χ3n) is 1.73. The normalized spacial score (nSPS) is 9.80. The van der Waals surface area contributed by atoms with Crippen molar-refractivity contribution in [3.8, 4) is 0 Å². The molecule has 0 spiro atoms. The Morgan fingerprint density at radius 2 is 2.13 bits per heavy atom. The molecule has 0 unspecified atom stereocenters. The Morgan fingerprint density at radius 3 is 2.67 bits per heavy atom. The third kappa shape index (κ3) is 3.16. The monoisotopic (exact) mass is 211 g/mol. The fourth-order valence-corrected chi connectivity index (χ4v) is 1.00. The third-order valence-corrected chi connectivity index (χ3v) is 1.73. The van der Waals surface area contributed by atoms with Crippen molar-refractivity contribution in [3.05, 3.63) is 47.5 Å². The highest BCUT2D eigenvalue weighted by atomic mass is 19.1. The molecule has 1 N–H and O–H groups in total. The van der Waals surface area contributed by atoms with E-state index in [0.717, 1.165) is 17.7 Å². The summed E-state index contributed by atoms with van der Waals surface area (Å²) in [5.41, 5.74) is 0.587. The maximum Gasteiger partial charge on any atom is 0.254 e. The van der Waals surface area contributed by atoms with Crippen molar-refractivity contribution >= 4 is 5.91 Å². The van der Waals surface area contributed by atoms with Crippen LogP contribution in [-0.4, -0.2) is 12.5 Å². The zero-order valence-electron chi connectivity index (χ0n) is 8.31. The second-order valence-corrected chi connectivity index (χ2v) is 3.26. The Morgan fingerprint density at radius 1 is 1.47 bits per heavy atom. The molecule has 15 heavy (non-hydrogen) atoms. The largest absolute Gasteiger partial charge is 0.348 e. The SMILES string of the molecule is C=C(C)CNC(=O)c1ccc(F)cc1F. The van der Waals surface area contributed by atoms with Crippen LogP contribution in [0.5, 0.6) is 0 Å². The molecule has 0 atom stereocenters. The molecular formula is C11H11F2NO. The van der Waals surface area contributed by atoms with Crippen LogP contribution in [0.1, 0.15) is 17.3 Å². The Bertz CT molecular complexity index is 402. The lowest BCUT2D eigenvalue weighted by Crippen LogP contribution is -2.25. The minimum absolute atomic E-state index is 0.169. The van der Waals surface area contributed by atoms with Crippen LogP contribution in [0.15, 0.2) is 30.4 Å².